The van der Waals surface area contributed by atoms with Crippen molar-refractivity contribution in [1.29, 1.82) is 0 Å². The summed E-state index contributed by atoms with van der Waals surface area (Å²) in [6.07, 6.45) is 2.29. The van der Waals surface area contributed by atoms with E-state index >= 15 is 0 Å². The minimum Gasteiger partial charge on any atom is -0.336 e. The highest BCUT2D eigenvalue weighted by atomic mass is 16.5. The molecule has 94 valence electrons. The van der Waals surface area contributed by atoms with E-state index in [1.54, 1.807) is 0 Å². The number of nitrogens with one attached hydrogen (secondary N) is 1. The Hall–Kier alpha value is -1.14. The van der Waals surface area contributed by atoms with Crippen molar-refractivity contribution in [3.05, 3.63) is 5.89 Å². The van der Waals surface area contributed by atoms with Crippen LogP contribution in [-0.4, -0.2) is 54.8 Å². The molecular formula is C11H19N5O. The van der Waals surface area contributed by atoms with E-state index in [9.17, 15) is 0 Å². The summed E-state index contributed by atoms with van der Waals surface area (Å²) in [6, 6.07) is 0.267. The Balaban J connectivity index is 1.67. The van der Waals surface area contributed by atoms with Crippen LogP contribution >= 0.6 is 0 Å². The normalized spacial score (nSPS) is 26.6. The molecule has 1 atom stereocenters. The summed E-state index contributed by atoms with van der Waals surface area (Å²) in [7, 11) is 2.14. The summed E-state index contributed by atoms with van der Waals surface area (Å²) < 4.78 is 5.35. The van der Waals surface area contributed by atoms with Crippen LogP contribution in [0.4, 0.5) is 5.95 Å². The third-order valence-corrected chi connectivity index (χ3v) is 3.58. The van der Waals surface area contributed by atoms with Crippen LogP contribution in [0.25, 0.3) is 0 Å². The van der Waals surface area contributed by atoms with Crippen LogP contribution in [0.15, 0.2) is 4.52 Å². The number of hydrogen-bond donors (Lipinski definition) is 1. The smallest absolute Gasteiger partial charge is 0.266 e. The largest absolute Gasteiger partial charge is 0.336 e. The van der Waals surface area contributed by atoms with Crippen molar-refractivity contribution in [2.45, 2.75) is 18.9 Å². The van der Waals surface area contributed by atoms with Gasteiger partial charge in [0, 0.05) is 26.2 Å². The Morgan fingerprint density at radius 2 is 2.12 bits per heavy atom. The minimum atomic E-state index is 0.267. The fourth-order valence-corrected chi connectivity index (χ4v) is 2.40. The molecular weight excluding hydrogens is 218 g/mol. The number of nitrogens with zero attached hydrogens (tertiary/aromatic N) is 4. The van der Waals surface area contributed by atoms with Gasteiger partial charge in [0.2, 0.25) is 5.89 Å². The third-order valence-electron chi connectivity index (χ3n) is 3.58. The SMILES string of the molecule is CN1CCN(c2noc(C3CCCN3)n2)CC1. The highest BCUT2D eigenvalue weighted by Crippen LogP contribution is 2.23. The van der Waals surface area contributed by atoms with Crippen LogP contribution in [0.5, 0.6) is 0 Å². The van der Waals surface area contributed by atoms with Gasteiger partial charge in [-0.3, -0.25) is 0 Å². The standard InChI is InChI=1S/C11H19N5O/c1-15-5-7-16(8-6-15)11-13-10(17-14-11)9-3-2-4-12-9/h9,12H,2-8H2,1H3. The van der Waals surface area contributed by atoms with Crippen LogP contribution < -0.4 is 10.2 Å². The van der Waals surface area contributed by atoms with Gasteiger partial charge in [-0.25, -0.2) is 0 Å². The van der Waals surface area contributed by atoms with Gasteiger partial charge in [0.15, 0.2) is 0 Å². The maximum atomic E-state index is 5.35. The Morgan fingerprint density at radius 1 is 1.29 bits per heavy atom. The number of anilines is 1. The van der Waals surface area contributed by atoms with Gasteiger partial charge in [0.1, 0.15) is 0 Å². The molecule has 2 aliphatic heterocycles. The summed E-state index contributed by atoms with van der Waals surface area (Å²) in [6.45, 7) is 5.13. The summed E-state index contributed by atoms with van der Waals surface area (Å²) in [5.74, 6) is 1.50. The first kappa shape index (κ1) is 11.0. The van der Waals surface area contributed by atoms with Gasteiger partial charge in [-0.2, -0.15) is 4.98 Å². The zero-order chi connectivity index (χ0) is 11.7. The number of likely N-dealkylation sites (N-methyl/N-ethyl adjacent to an activating group) is 1. The predicted octanol–water partition coefficient (Wildman–Crippen LogP) is 0.246. The van der Waals surface area contributed by atoms with Crippen molar-refractivity contribution >= 4 is 5.95 Å². The summed E-state index contributed by atoms with van der Waals surface area (Å²) >= 11 is 0. The second-order valence-electron chi connectivity index (χ2n) is 4.87. The van der Waals surface area contributed by atoms with Crippen LogP contribution in [-0.2, 0) is 0 Å². The van der Waals surface area contributed by atoms with E-state index in [1.165, 1.54) is 6.42 Å². The lowest BCUT2D eigenvalue weighted by Crippen LogP contribution is -2.44. The molecule has 1 aromatic rings. The summed E-state index contributed by atoms with van der Waals surface area (Å²) in [5.41, 5.74) is 0. The topological polar surface area (TPSA) is 57.4 Å². The molecule has 3 rings (SSSR count). The molecule has 1 unspecified atom stereocenters. The van der Waals surface area contributed by atoms with Crippen molar-refractivity contribution in [2.75, 3.05) is 44.7 Å². The highest BCUT2D eigenvalue weighted by Gasteiger charge is 2.25. The van der Waals surface area contributed by atoms with Gasteiger partial charge in [-0.15, -0.1) is 0 Å². The van der Waals surface area contributed by atoms with Crippen molar-refractivity contribution in [3.63, 3.8) is 0 Å². The second-order valence-corrected chi connectivity index (χ2v) is 4.87. The highest BCUT2D eigenvalue weighted by molar-refractivity contribution is 5.29. The molecule has 0 aromatic carbocycles. The lowest BCUT2D eigenvalue weighted by Gasteiger charge is -2.31. The molecule has 1 aromatic heterocycles. The molecule has 0 amide bonds. The number of piperazine rings is 1. The first-order valence-electron chi connectivity index (χ1n) is 6.33. The lowest BCUT2D eigenvalue weighted by molar-refractivity contribution is 0.307. The second kappa shape index (κ2) is 4.62. The average Bonchev–Trinajstić information content (AvgIpc) is 3.00. The van der Waals surface area contributed by atoms with Crippen LogP contribution in [0.3, 0.4) is 0 Å². The fraction of sp³-hybridized carbons (Fsp3) is 0.818. The molecule has 0 bridgehead atoms. The first-order valence-corrected chi connectivity index (χ1v) is 6.33. The van der Waals surface area contributed by atoms with E-state index in [0.717, 1.165) is 51.0 Å². The quantitative estimate of drug-likeness (QED) is 0.795. The number of rotatable bonds is 2. The monoisotopic (exact) mass is 237 g/mol. The molecule has 3 heterocycles. The van der Waals surface area contributed by atoms with Crippen LogP contribution in [0, 0.1) is 0 Å². The number of aromatic nitrogens is 2. The molecule has 17 heavy (non-hydrogen) atoms. The van der Waals surface area contributed by atoms with E-state index in [4.69, 9.17) is 4.52 Å². The van der Waals surface area contributed by atoms with Crippen molar-refractivity contribution in [2.24, 2.45) is 0 Å². The average molecular weight is 237 g/mol. The third kappa shape index (κ3) is 2.28. The van der Waals surface area contributed by atoms with Crippen molar-refractivity contribution in [3.8, 4) is 0 Å². The van der Waals surface area contributed by atoms with Gasteiger partial charge in [-0.1, -0.05) is 0 Å². The van der Waals surface area contributed by atoms with E-state index in [1.807, 2.05) is 0 Å². The maximum Gasteiger partial charge on any atom is 0.266 e. The van der Waals surface area contributed by atoms with Gasteiger partial charge in [-0.05, 0) is 31.6 Å². The van der Waals surface area contributed by atoms with Crippen LogP contribution in [0.2, 0.25) is 0 Å². The van der Waals surface area contributed by atoms with Gasteiger partial charge in [0.05, 0.1) is 6.04 Å². The molecule has 2 aliphatic rings. The van der Waals surface area contributed by atoms with E-state index in [0.29, 0.717) is 0 Å². The molecule has 0 saturated carbocycles. The molecule has 6 nitrogen and oxygen atoms in total. The zero-order valence-electron chi connectivity index (χ0n) is 10.2. The summed E-state index contributed by atoms with van der Waals surface area (Å²) in [4.78, 5) is 9.02. The molecule has 2 saturated heterocycles. The minimum absolute atomic E-state index is 0.267. The number of hydrogen-bond acceptors (Lipinski definition) is 6. The van der Waals surface area contributed by atoms with E-state index in [2.05, 4.69) is 32.3 Å². The fourth-order valence-electron chi connectivity index (χ4n) is 2.40. The molecule has 6 heteroatoms. The van der Waals surface area contributed by atoms with Gasteiger partial charge < -0.3 is 19.6 Å². The van der Waals surface area contributed by atoms with Gasteiger partial charge in [0.25, 0.3) is 5.95 Å². The van der Waals surface area contributed by atoms with E-state index in [-0.39, 0.29) is 6.04 Å². The lowest BCUT2D eigenvalue weighted by atomic mass is 10.2. The molecule has 0 spiro atoms. The van der Waals surface area contributed by atoms with E-state index < -0.39 is 0 Å². The van der Waals surface area contributed by atoms with Gasteiger partial charge >= 0.3 is 0 Å². The Labute approximate surface area is 101 Å². The summed E-state index contributed by atoms with van der Waals surface area (Å²) in [5, 5.41) is 7.46. The molecule has 0 aliphatic carbocycles. The zero-order valence-corrected chi connectivity index (χ0v) is 10.2. The Kier molecular flexibility index (Phi) is 2.98. The predicted molar refractivity (Wildman–Crippen MR) is 64.0 cm³/mol. The van der Waals surface area contributed by atoms with Crippen molar-refractivity contribution < 1.29 is 4.52 Å². The maximum absolute atomic E-state index is 5.35. The molecule has 0 radical (unpaired) electrons. The molecule has 1 N–H and O–H groups in total. The first-order chi connectivity index (χ1) is 8.33. The van der Waals surface area contributed by atoms with Crippen LogP contribution in [0.1, 0.15) is 24.8 Å². The molecule has 2 fully saturated rings. The Morgan fingerprint density at radius 3 is 2.82 bits per heavy atom. The van der Waals surface area contributed by atoms with Crippen molar-refractivity contribution in [1.82, 2.24) is 20.4 Å². The Bertz CT molecular complexity index is 366.